The fourth-order valence-electron chi connectivity index (χ4n) is 2.25. The molecule has 0 saturated heterocycles. The fourth-order valence-corrected chi connectivity index (χ4v) is 2.25. The van der Waals surface area contributed by atoms with Crippen LogP contribution in [-0.4, -0.2) is 17.1 Å². The summed E-state index contributed by atoms with van der Waals surface area (Å²) in [6.45, 7) is 0.252. The minimum atomic E-state index is -0.494. The van der Waals surface area contributed by atoms with Gasteiger partial charge in [0.15, 0.2) is 0 Å². The second kappa shape index (κ2) is 5.91. The molecule has 1 aromatic heterocycles. The Balaban J connectivity index is 1.45. The number of hydrogen-bond acceptors (Lipinski definition) is 3. The lowest BCUT2D eigenvalue weighted by atomic mass is 10.2. The van der Waals surface area contributed by atoms with Gasteiger partial charge in [-0.2, -0.15) is 4.39 Å². The second-order valence-electron chi connectivity index (χ2n) is 5.07. The Hall–Kier alpha value is -2.43. The van der Waals surface area contributed by atoms with Crippen LogP contribution in [0.3, 0.4) is 0 Å². The van der Waals surface area contributed by atoms with Crippen LogP contribution in [0.2, 0.25) is 0 Å². The lowest BCUT2D eigenvalue weighted by Gasteiger charge is -2.07. The Bertz CT molecular complexity index is 616. The zero-order chi connectivity index (χ0) is 14.7. The van der Waals surface area contributed by atoms with Gasteiger partial charge in [0, 0.05) is 18.2 Å². The summed E-state index contributed by atoms with van der Waals surface area (Å²) >= 11 is 0. The minimum absolute atomic E-state index is 0.0422. The minimum Gasteiger partial charge on any atom is -0.445 e. The van der Waals surface area contributed by atoms with Crippen molar-refractivity contribution in [2.75, 3.05) is 0 Å². The Kier molecular flexibility index (Phi) is 3.81. The van der Waals surface area contributed by atoms with Crippen molar-refractivity contribution in [1.29, 1.82) is 0 Å². The fraction of sp³-hybridized carbons (Fsp3) is 0.250. The normalized spacial score (nSPS) is 19.9. The van der Waals surface area contributed by atoms with Crippen LogP contribution < -0.4 is 5.32 Å². The van der Waals surface area contributed by atoms with Gasteiger partial charge in [0.25, 0.3) is 0 Å². The highest BCUT2D eigenvalue weighted by atomic mass is 19.1. The van der Waals surface area contributed by atoms with Gasteiger partial charge in [0.2, 0.25) is 5.95 Å². The summed E-state index contributed by atoms with van der Waals surface area (Å²) in [5, 5.41) is 2.80. The number of nitrogens with zero attached hydrogens (tertiary/aromatic N) is 1. The predicted molar refractivity (Wildman–Crippen MR) is 75.1 cm³/mol. The molecule has 0 bridgehead atoms. The molecule has 108 valence electrons. The first-order valence-corrected chi connectivity index (χ1v) is 6.81. The summed E-state index contributed by atoms with van der Waals surface area (Å²) in [7, 11) is 0. The monoisotopic (exact) mass is 286 g/mol. The number of carbonyl (C=O) groups is 1. The molecule has 0 aliphatic heterocycles. The summed E-state index contributed by atoms with van der Waals surface area (Å²) in [6.07, 6.45) is 1.91. The first-order chi connectivity index (χ1) is 10.2. The van der Waals surface area contributed by atoms with Crippen LogP contribution in [-0.2, 0) is 11.3 Å². The summed E-state index contributed by atoms with van der Waals surface area (Å²) < 4.78 is 17.9. The molecule has 5 heteroatoms. The van der Waals surface area contributed by atoms with Crippen molar-refractivity contribution in [3.63, 3.8) is 0 Å². The van der Waals surface area contributed by atoms with Crippen molar-refractivity contribution in [3.05, 3.63) is 65.7 Å². The molecule has 0 radical (unpaired) electrons. The van der Waals surface area contributed by atoms with E-state index in [4.69, 9.17) is 4.74 Å². The van der Waals surface area contributed by atoms with E-state index in [-0.39, 0.29) is 18.6 Å². The Morgan fingerprint density at radius 1 is 1.29 bits per heavy atom. The molecule has 0 unspecified atom stereocenters. The SMILES string of the molecule is O=C(N[C@@H]1C[C@H]1c1ccc(F)nc1)OCc1ccccc1. The van der Waals surface area contributed by atoms with Crippen molar-refractivity contribution in [2.24, 2.45) is 0 Å². The summed E-state index contributed by atoms with van der Waals surface area (Å²) in [6, 6.07) is 12.6. The quantitative estimate of drug-likeness (QED) is 0.879. The van der Waals surface area contributed by atoms with Gasteiger partial charge >= 0.3 is 6.09 Å². The van der Waals surface area contributed by atoms with E-state index in [9.17, 15) is 9.18 Å². The van der Waals surface area contributed by atoms with E-state index < -0.39 is 12.0 Å². The molecule has 1 heterocycles. The first-order valence-electron chi connectivity index (χ1n) is 6.81. The van der Waals surface area contributed by atoms with Crippen LogP contribution in [0, 0.1) is 5.95 Å². The molecule has 21 heavy (non-hydrogen) atoms. The maximum absolute atomic E-state index is 12.7. The highest BCUT2D eigenvalue weighted by Gasteiger charge is 2.40. The first kappa shape index (κ1) is 13.5. The molecule has 1 amide bonds. The Morgan fingerprint density at radius 3 is 2.81 bits per heavy atom. The molecule has 2 atom stereocenters. The largest absolute Gasteiger partial charge is 0.445 e. The van der Waals surface area contributed by atoms with Crippen molar-refractivity contribution in [1.82, 2.24) is 10.3 Å². The van der Waals surface area contributed by atoms with Crippen molar-refractivity contribution in [3.8, 4) is 0 Å². The van der Waals surface area contributed by atoms with E-state index in [1.807, 2.05) is 30.3 Å². The molecular weight excluding hydrogens is 271 g/mol. The number of carbonyl (C=O) groups excluding carboxylic acids is 1. The zero-order valence-corrected chi connectivity index (χ0v) is 11.3. The summed E-state index contributed by atoms with van der Waals surface area (Å²) in [4.78, 5) is 15.3. The Labute approximate surface area is 122 Å². The lowest BCUT2D eigenvalue weighted by molar-refractivity contribution is 0.139. The van der Waals surface area contributed by atoms with Gasteiger partial charge in [-0.15, -0.1) is 0 Å². The second-order valence-corrected chi connectivity index (χ2v) is 5.07. The average molecular weight is 286 g/mol. The molecular formula is C16H15FN2O2. The Morgan fingerprint density at radius 2 is 2.10 bits per heavy atom. The predicted octanol–water partition coefficient (Wildman–Crippen LogP) is 3.00. The molecule has 4 nitrogen and oxygen atoms in total. The molecule has 0 spiro atoms. The van der Waals surface area contributed by atoms with E-state index in [0.717, 1.165) is 17.5 Å². The van der Waals surface area contributed by atoms with Crippen LogP contribution in [0.5, 0.6) is 0 Å². The molecule has 1 saturated carbocycles. The number of ether oxygens (including phenoxy) is 1. The number of alkyl carbamates (subject to hydrolysis) is 1. The molecule has 2 aromatic rings. The number of hydrogen-bond donors (Lipinski definition) is 1. The van der Waals surface area contributed by atoms with Crippen LogP contribution in [0.1, 0.15) is 23.5 Å². The van der Waals surface area contributed by atoms with Gasteiger partial charge in [-0.05, 0) is 23.6 Å². The van der Waals surface area contributed by atoms with Crippen molar-refractivity contribution in [2.45, 2.75) is 25.0 Å². The number of halogens is 1. The van der Waals surface area contributed by atoms with Gasteiger partial charge in [0.1, 0.15) is 6.61 Å². The maximum Gasteiger partial charge on any atom is 0.407 e. The lowest BCUT2D eigenvalue weighted by Crippen LogP contribution is -2.27. The van der Waals surface area contributed by atoms with Gasteiger partial charge in [-0.1, -0.05) is 36.4 Å². The van der Waals surface area contributed by atoms with E-state index in [1.54, 1.807) is 6.07 Å². The van der Waals surface area contributed by atoms with Gasteiger partial charge in [-0.3, -0.25) is 0 Å². The molecule has 1 fully saturated rings. The van der Waals surface area contributed by atoms with Gasteiger partial charge in [-0.25, -0.2) is 9.78 Å². The number of pyridine rings is 1. The highest BCUT2D eigenvalue weighted by molar-refractivity contribution is 5.68. The maximum atomic E-state index is 12.7. The average Bonchev–Trinajstić information content (AvgIpc) is 3.26. The van der Waals surface area contributed by atoms with E-state index in [1.165, 1.54) is 12.3 Å². The number of aromatic nitrogens is 1. The number of benzene rings is 1. The third kappa shape index (κ3) is 3.56. The van der Waals surface area contributed by atoms with Gasteiger partial charge in [0.05, 0.1) is 0 Å². The molecule has 3 rings (SSSR count). The zero-order valence-electron chi connectivity index (χ0n) is 11.3. The topological polar surface area (TPSA) is 51.2 Å². The van der Waals surface area contributed by atoms with Crippen molar-refractivity contribution < 1.29 is 13.9 Å². The van der Waals surface area contributed by atoms with E-state index in [0.29, 0.717) is 0 Å². The third-order valence-electron chi connectivity index (χ3n) is 3.48. The van der Waals surface area contributed by atoms with E-state index in [2.05, 4.69) is 10.3 Å². The highest BCUT2D eigenvalue weighted by Crippen LogP contribution is 2.40. The van der Waals surface area contributed by atoms with Crippen molar-refractivity contribution >= 4 is 6.09 Å². The van der Waals surface area contributed by atoms with Crippen LogP contribution in [0.4, 0.5) is 9.18 Å². The van der Waals surface area contributed by atoms with Crippen LogP contribution >= 0.6 is 0 Å². The summed E-state index contributed by atoms with van der Waals surface area (Å²) in [5.41, 5.74) is 1.88. The number of rotatable bonds is 4. The smallest absolute Gasteiger partial charge is 0.407 e. The van der Waals surface area contributed by atoms with E-state index >= 15 is 0 Å². The number of nitrogens with one attached hydrogen (secondary N) is 1. The molecule has 1 aliphatic carbocycles. The molecule has 1 aromatic carbocycles. The van der Waals surface area contributed by atoms with Crippen LogP contribution in [0.15, 0.2) is 48.7 Å². The molecule has 1 aliphatic rings. The van der Waals surface area contributed by atoms with Crippen LogP contribution in [0.25, 0.3) is 0 Å². The standard InChI is InChI=1S/C16H15FN2O2/c17-15-7-6-12(9-18-15)13-8-14(13)19-16(20)21-10-11-4-2-1-3-5-11/h1-7,9,13-14H,8,10H2,(H,19,20)/t13-,14+/m0/s1. The summed E-state index contributed by atoms with van der Waals surface area (Å²) in [5.74, 6) is -0.298. The molecule has 1 N–H and O–H groups in total. The van der Waals surface area contributed by atoms with Gasteiger partial charge < -0.3 is 10.1 Å². The third-order valence-corrected chi connectivity index (χ3v) is 3.48. The number of amides is 1.